The van der Waals surface area contributed by atoms with Gasteiger partial charge in [0.25, 0.3) is 0 Å². The van der Waals surface area contributed by atoms with Gasteiger partial charge in [-0.3, -0.25) is 0 Å². The first-order valence-corrected chi connectivity index (χ1v) is 7.03. The van der Waals surface area contributed by atoms with E-state index in [1.165, 1.54) is 43.6 Å². The molecule has 0 spiro atoms. The molecule has 2 heterocycles. The van der Waals surface area contributed by atoms with Crippen molar-refractivity contribution in [2.75, 3.05) is 24.7 Å². The smallest absolute Gasteiger partial charge is 0.0699 e. The lowest BCUT2D eigenvalue weighted by Crippen LogP contribution is -2.39. The fourth-order valence-corrected chi connectivity index (χ4v) is 3.27. The molecule has 0 saturated carbocycles. The minimum absolute atomic E-state index is 0.498. The molecule has 82 valence electrons. The predicted octanol–water partition coefficient (Wildman–Crippen LogP) is 2.04. The van der Waals surface area contributed by atoms with Gasteiger partial charge in [0.05, 0.1) is 6.10 Å². The van der Waals surface area contributed by atoms with Crippen molar-refractivity contribution in [1.29, 1.82) is 0 Å². The molecule has 0 bridgehead atoms. The Bertz CT molecular complexity index is 135. The lowest BCUT2D eigenvalue weighted by atomic mass is 10.1. The summed E-state index contributed by atoms with van der Waals surface area (Å²) in [5, 5.41) is 3.65. The Morgan fingerprint density at radius 1 is 1.14 bits per heavy atom. The second-order valence-corrected chi connectivity index (χ2v) is 5.51. The highest BCUT2D eigenvalue weighted by Gasteiger charge is 2.17. The molecule has 1 N–H and O–H groups in total. The molecule has 0 aromatic carbocycles. The molecule has 1 unspecified atom stereocenters. The Balaban J connectivity index is 1.60. The van der Waals surface area contributed by atoms with Gasteiger partial charge >= 0.3 is 0 Å². The second kappa shape index (κ2) is 5.99. The summed E-state index contributed by atoms with van der Waals surface area (Å²) in [7, 11) is 0. The third kappa shape index (κ3) is 3.44. The monoisotopic (exact) mass is 215 g/mol. The van der Waals surface area contributed by atoms with Crippen LogP contribution in [0.5, 0.6) is 0 Å². The lowest BCUT2D eigenvalue weighted by molar-refractivity contribution is 0.0152. The number of nitrogens with one attached hydrogen (secondary N) is 1. The van der Waals surface area contributed by atoms with E-state index in [2.05, 4.69) is 17.1 Å². The van der Waals surface area contributed by atoms with Gasteiger partial charge in [0, 0.05) is 19.2 Å². The van der Waals surface area contributed by atoms with E-state index in [1.807, 2.05) is 0 Å². The standard InChI is InChI=1S/C11H21NOS/c1-2-6-13-11(3-1)9-12-10-4-7-14-8-5-10/h10-12H,1-9H2. The zero-order valence-corrected chi connectivity index (χ0v) is 9.65. The molecule has 2 aliphatic heterocycles. The van der Waals surface area contributed by atoms with Crippen molar-refractivity contribution in [1.82, 2.24) is 5.32 Å². The largest absolute Gasteiger partial charge is 0.377 e. The number of hydrogen-bond acceptors (Lipinski definition) is 3. The first kappa shape index (κ1) is 10.8. The molecule has 2 aliphatic rings. The normalized spacial score (nSPS) is 30.4. The number of thioether (sulfide) groups is 1. The molecule has 1 atom stereocenters. The quantitative estimate of drug-likeness (QED) is 0.778. The van der Waals surface area contributed by atoms with Crippen molar-refractivity contribution >= 4 is 11.8 Å². The van der Waals surface area contributed by atoms with E-state index in [9.17, 15) is 0 Å². The second-order valence-electron chi connectivity index (χ2n) is 4.28. The highest BCUT2D eigenvalue weighted by molar-refractivity contribution is 7.99. The van der Waals surface area contributed by atoms with Crippen LogP contribution in [0.2, 0.25) is 0 Å². The van der Waals surface area contributed by atoms with Crippen molar-refractivity contribution < 1.29 is 4.74 Å². The fourth-order valence-electron chi connectivity index (χ4n) is 2.17. The zero-order chi connectivity index (χ0) is 9.64. The summed E-state index contributed by atoms with van der Waals surface area (Å²) in [6, 6.07) is 0.766. The van der Waals surface area contributed by atoms with E-state index in [-0.39, 0.29) is 0 Å². The van der Waals surface area contributed by atoms with Gasteiger partial charge in [0.15, 0.2) is 0 Å². The van der Waals surface area contributed by atoms with E-state index in [0.717, 1.165) is 19.2 Å². The molecular weight excluding hydrogens is 194 g/mol. The van der Waals surface area contributed by atoms with Crippen LogP contribution < -0.4 is 5.32 Å². The molecule has 0 aromatic rings. The van der Waals surface area contributed by atoms with Crippen LogP contribution in [0, 0.1) is 0 Å². The average Bonchev–Trinajstić information content (AvgIpc) is 2.29. The molecular formula is C11H21NOS. The maximum atomic E-state index is 5.70. The first-order chi connectivity index (χ1) is 6.95. The predicted molar refractivity (Wildman–Crippen MR) is 61.9 cm³/mol. The van der Waals surface area contributed by atoms with Crippen molar-refractivity contribution in [2.45, 2.75) is 44.2 Å². The summed E-state index contributed by atoms with van der Waals surface area (Å²) in [4.78, 5) is 0. The Morgan fingerprint density at radius 2 is 2.00 bits per heavy atom. The number of hydrogen-bond donors (Lipinski definition) is 1. The topological polar surface area (TPSA) is 21.3 Å². The van der Waals surface area contributed by atoms with Gasteiger partial charge in [-0.05, 0) is 43.6 Å². The summed E-state index contributed by atoms with van der Waals surface area (Å²) in [5.41, 5.74) is 0. The van der Waals surface area contributed by atoms with E-state index in [4.69, 9.17) is 4.74 Å². The average molecular weight is 215 g/mol. The van der Waals surface area contributed by atoms with Crippen LogP contribution in [0.3, 0.4) is 0 Å². The van der Waals surface area contributed by atoms with E-state index in [1.54, 1.807) is 0 Å². The van der Waals surface area contributed by atoms with Crippen molar-refractivity contribution in [3.63, 3.8) is 0 Å². The maximum Gasteiger partial charge on any atom is 0.0699 e. The third-order valence-electron chi connectivity index (χ3n) is 3.13. The van der Waals surface area contributed by atoms with Crippen LogP contribution in [-0.4, -0.2) is 36.8 Å². The zero-order valence-electron chi connectivity index (χ0n) is 8.84. The Kier molecular flexibility index (Phi) is 4.61. The van der Waals surface area contributed by atoms with Gasteiger partial charge in [-0.1, -0.05) is 0 Å². The molecule has 14 heavy (non-hydrogen) atoms. The van der Waals surface area contributed by atoms with Crippen LogP contribution >= 0.6 is 11.8 Å². The van der Waals surface area contributed by atoms with Crippen LogP contribution in [0.15, 0.2) is 0 Å². The summed E-state index contributed by atoms with van der Waals surface area (Å²) < 4.78 is 5.70. The van der Waals surface area contributed by atoms with Crippen molar-refractivity contribution in [3.8, 4) is 0 Å². The highest BCUT2D eigenvalue weighted by atomic mass is 32.2. The third-order valence-corrected chi connectivity index (χ3v) is 4.18. The van der Waals surface area contributed by atoms with Gasteiger partial charge in [-0.2, -0.15) is 11.8 Å². The van der Waals surface area contributed by atoms with E-state index < -0.39 is 0 Å². The molecule has 0 aromatic heterocycles. The molecule has 0 radical (unpaired) electrons. The fraction of sp³-hybridized carbons (Fsp3) is 1.00. The minimum atomic E-state index is 0.498. The highest BCUT2D eigenvalue weighted by Crippen LogP contribution is 2.18. The van der Waals surface area contributed by atoms with E-state index in [0.29, 0.717) is 6.10 Å². The first-order valence-electron chi connectivity index (χ1n) is 5.88. The number of rotatable bonds is 3. The van der Waals surface area contributed by atoms with Crippen LogP contribution in [0.4, 0.5) is 0 Å². The minimum Gasteiger partial charge on any atom is -0.377 e. The summed E-state index contributed by atoms with van der Waals surface area (Å²) >= 11 is 2.09. The van der Waals surface area contributed by atoms with Crippen molar-refractivity contribution in [2.24, 2.45) is 0 Å². The van der Waals surface area contributed by atoms with Gasteiger partial charge < -0.3 is 10.1 Å². The molecule has 2 fully saturated rings. The Labute approximate surface area is 91.2 Å². The van der Waals surface area contributed by atoms with Crippen LogP contribution in [0.1, 0.15) is 32.1 Å². The maximum absolute atomic E-state index is 5.70. The summed E-state index contributed by atoms with van der Waals surface area (Å²) in [6.45, 7) is 2.06. The SMILES string of the molecule is C1CCC(CNC2CCSCC2)OC1. The Morgan fingerprint density at radius 3 is 2.71 bits per heavy atom. The van der Waals surface area contributed by atoms with E-state index >= 15 is 0 Å². The molecule has 0 amide bonds. The van der Waals surface area contributed by atoms with Crippen molar-refractivity contribution in [3.05, 3.63) is 0 Å². The molecule has 0 aliphatic carbocycles. The van der Waals surface area contributed by atoms with Gasteiger partial charge in [0.2, 0.25) is 0 Å². The summed E-state index contributed by atoms with van der Waals surface area (Å²) in [5.74, 6) is 2.67. The Hall–Kier alpha value is 0.270. The molecule has 2 saturated heterocycles. The molecule has 2 rings (SSSR count). The molecule has 2 nitrogen and oxygen atoms in total. The van der Waals surface area contributed by atoms with Crippen LogP contribution in [0.25, 0.3) is 0 Å². The lowest BCUT2D eigenvalue weighted by Gasteiger charge is -2.27. The van der Waals surface area contributed by atoms with Crippen LogP contribution in [-0.2, 0) is 4.74 Å². The molecule has 3 heteroatoms. The summed E-state index contributed by atoms with van der Waals surface area (Å²) in [6.07, 6.45) is 7.06. The van der Waals surface area contributed by atoms with Gasteiger partial charge in [-0.15, -0.1) is 0 Å². The van der Waals surface area contributed by atoms with Gasteiger partial charge in [-0.25, -0.2) is 0 Å². The number of ether oxygens (including phenoxy) is 1. The van der Waals surface area contributed by atoms with Gasteiger partial charge in [0.1, 0.15) is 0 Å².